The molecule has 0 atom stereocenters. The Morgan fingerprint density at radius 2 is 0.842 bits per heavy atom. The van der Waals surface area contributed by atoms with Gasteiger partial charge in [-0.3, -0.25) is 38.7 Å². The van der Waals surface area contributed by atoms with Crippen molar-refractivity contribution in [3.05, 3.63) is 59.7 Å². The summed E-state index contributed by atoms with van der Waals surface area (Å²) in [7, 11) is 0. The number of thiocarbonyl (C=S) groups is 2. The molecule has 19 heteroatoms. The maximum absolute atomic E-state index is 12.9. The molecule has 312 valence electrons. The molecule has 17 nitrogen and oxygen atoms in total. The molecule has 0 spiro atoms. The number of carbonyl (C=O) groups is 5. The zero-order valence-corrected chi connectivity index (χ0v) is 33.7. The minimum absolute atomic E-state index is 0.0390. The Morgan fingerprint density at radius 1 is 0.509 bits per heavy atom. The lowest BCUT2D eigenvalue weighted by Crippen LogP contribution is -2.47. The van der Waals surface area contributed by atoms with Crippen molar-refractivity contribution in [2.75, 3.05) is 82.6 Å². The van der Waals surface area contributed by atoms with Crippen molar-refractivity contribution in [3.63, 3.8) is 0 Å². The zero-order chi connectivity index (χ0) is 41.4. The second kappa shape index (κ2) is 26.1. The van der Waals surface area contributed by atoms with E-state index in [0.29, 0.717) is 10.2 Å². The normalized spacial score (nSPS) is 18.1. The van der Waals surface area contributed by atoms with Crippen LogP contribution in [-0.4, -0.2) is 142 Å². The van der Waals surface area contributed by atoms with Gasteiger partial charge >= 0.3 is 17.9 Å². The Bertz CT molecular complexity index is 1520. The molecule has 4 aliphatic heterocycles. The first kappa shape index (κ1) is 46.4. The third kappa shape index (κ3) is 21.2. The highest BCUT2D eigenvalue weighted by Crippen LogP contribution is 2.11. The quantitative estimate of drug-likeness (QED) is 0.189. The lowest BCUT2D eigenvalue weighted by atomic mass is 10.1. The van der Waals surface area contributed by atoms with Gasteiger partial charge in [0.05, 0.1) is 32.7 Å². The molecule has 57 heavy (non-hydrogen) atoms. The van der Waals surface area contributed by atoms with E-state index in [-0.39, 0.29) is 52.4 Å². The molecule has 0 aromatic heterocycles. The van der Waals surface area contributed by atoms with Crippen molar-refractivity contribution in [1.29, 1.82) is 0 Å². The summed E-state index contributed by atoms with van der Waals surface area (Å²) in [6.45, 7) is 0.297. The Kier molecular flexibility index (Phi) is 21.2. The van der Waals surface area contributed by atoms with Crippen molar-refractivity contribution in [3.8, 4) is 0 Å². The van der Waals surface area contributed by atoms with Crippen LogP contribution in [0.4, 0.5) is 11.4 Å². The van der Waals surface area contributed by atoms with Crippen LogP contribution in [0.1, 0.15) is 49.7 Å². The van der Waals surface area contributed by atoms with Gasteiger partial charge < -0.3 is 47.2 Å². The molecule has 9 N–H and O–H groups in total. The van der Waals surface area contributed by atoms with Gasteiger partial charge in [0.15, 0.2) is 10.2 Å². The molecule has 0 saturated heterocycles. The molecule has 4 aliphatic rings. The maximum Gasteiger partial charge on any atom is 0.317 e. The van der Waals surface area contributed by atoms with Crippen LogP contribution in [-0.2, 0) is 37.1 Å². The smallest absolute Gasteiger partial charge is 0.317 e. The molecule has 4 heterocycles. The first-order valence-corrected chi connectivity index (χ1v) is 19.8. The van der Waals surface area contributed by atoms with Crippen LogP contribution in [0.3, 0.4) is 0 Å². The van der Waals surface area contributed by atoms with E-state index in [4.69, 9.17) is 24.4 Å². The van der Waals surface area contributed by atoms with E-state index in [1.165, 1.54) is 14.7 Å². The highest BCUT2D eigenvalue weighted by Gasteiger charge is 2.20. The van der Waals surface area contributed by atoms with Crippen LogP contribution >= 0.6 is 24.4 Å². The summed E-state index contributed by atoms with van der Waals surface area (Å²) in [6.07, 6.45) is 6.41. The number of hydrogen-bond acceptors (Lipinski definition) is 10. The van der Waals surface area contributed by atoms with E-state index in [2.05, 4.69) is 31.9 Å². The fourth-order valence-electron chi connectivity index (χ4n) is 5.88. The number of amides is 2. The number of nitrogens with one attached hydrogen (secondary N) is 6. The number of anilines is 2. The molecule has 4 bridgehead atoms. The van der Waals surface area contributed by atoms with E-state index < -0.39 is 49.4 Å². The summed E-state index contributed by atoms with van der Waals surface area (Å²) in [5.41, 5.74) is 3.21. The van der Waals surface area contributed by atoms with Gasteiger partial charge in [0.1, 0.15) is 0 Å². The third-order valence-electron chi connectivity index (χ3n) is 8.85. The molecular formula is C38H55N9O8S2. The first-order chi connectivity index (χ1) is 27.3. The van der Waals surface area contributed by atoms with Crippen molar-refractivity contribution in [2.24, 2.45) is 0 Å². The number of rotatable bonds is 6. The minimum atomic E-state index is -1.16. The molecule has 0 unspecified atom stereocenters. The summed E-state index contributed by atoms with van der Waals surface area (Å²) in [5.74, 6) is -4.30. The molecule has 6 rings (SSSR count). The highest BCUT2D eigenvalue weighted by atomic mass is 32.1. The van der Waals surface area contributed by atoms with Crippen molar-refractivity contribution in [2.45, 2.75) is 51.6 Å². The number of carbonyl (C=O) groups excluding carboxylic acids is 2. The van der Waals surface area contributed by atoms with E-state index in [0.717, 1.165) is 74.1 Å². The van der Waals surface area contributed by atoms with Crippen LogP contribution in [0, 0.1) is 0 Å². The van der Waals surface area contributed by atoms with E-state index in [1.807, 2.05) is 48.5 Å². The predicted molar refractivity (Wildman–Crippen MR) is 225 cm³/mol. The second-order valence-corrected chi connectivity index (χ2v) is 14.5. The molecule has 0 radical (unpaired) electrons. The van der Waals surface area contributed by atoms with Gasteiger partial charge in [-0.2, -0.15) is 0 Å². The van der Waals surface area contributed by atoms with Crippen LogP contribution < -0.4 is 31.9 Å². The average Bonchev–Trinajstić information content (AvgIpc) is 3.15. The van der Waals surface area contributed by atoms with E-state index >= 15 is 0 Å². The van der Waals surface area contributed by atoms with Crippen LogP contribution in [0.25, 0.3) is 0 Å². The number of nitrogens with zero attached hydrogens (tertiary/aromatic N) is 3. The summed E-state index contributed by atoms with van der Waals surface area (Å²) in [5, 5.41) is 48.0. The number of hydrogen-bond donors (Lipinski definition) is 9. The lowest BCUT2D eigenvalue weighted by molar-refractivity contribution is -0.141. The Balaban J connectivity index is 1.66. The topological polar surface area (TPSA) is 228 Å². The Labute approximate surface area is 343 Å². The second-order valence-electron chi connectivity index (χ2n) is 13.7. The van der Waals surface area contributed by atoms with Gasteiger partial charge in [0.2, 0.25) is 11.8 Å². The van der Waals surface area contributed by atoms with E-state index in [1.54, 1.807) is 0 Å². The molecule has 0 aliphatic carbocycles. The van der Waals surface area contributed by atoms with Gasteiger partial charge in [0.25, 0.3) is 0 Å². The third-order valence-corrected chi connectivity index (χ3v) is 9.35. The average molecular weight is 830 g/mol. The molecular weight excluding hydrogens is 775 g/mol. The monoisotopic (exact) mass is 829 g/mol. The Morgan fingerprint density at radius 3 is 1.21 bits per heavy atom. The molecule has 2 amide bonds. The van der Waals surface area contributed by atoms with Gasteiger partial charge in [-0.05, 0) is 72.7 Å². The van der Waals surface area contributed by atoms with Gasteiger partial charge in [0, 0.05) is 63.7 Å². The minimum Gasteiger partial charge on any atom is -0.480 e. The van der Waals surface area contributed by atoms with Crippen molar-refractivity contribution in [1.82, 2.24) is 36.0 Å². The maximum atomic E-state index is 12.9. The van der Waals surface area contributed by atoms with Crippen LogP contribution in [0.15, 0.2) is 48.5 Å². The van der Waals surface area contributed by atoms with Gasteiger partial charge in [-0.25, -0.2) is 0 Å². The molecule has 2 aromatic rings. The Hall–Kier alpha value is -4.95. The summed E-state index contributed by atoms with van der Waals surface area (Å²) >= 11 is 10.9. The number of aliphatic carboxylic acids is 3. The number of carboxylic acids is 3. The fraction of sp³-hybridized carbons (Fsp3) is 0.500. The SMILES string of the molecule is O=C(O)CN1CCN(CC(=O)O)CC(=O)NCc2ccc(cc2)NC(=S)NCCCCCCCCNC(=S)Nc2ccc(cc2)CNC(=O)CN(CC(=O)O)CC1. The number of carboxylic acid groups (broad SMARTS) is 3. The predicted octanol–water partition coefficient (Wildman–Crippen LogP) is 1.71. The van der Waals surface area contributed by atoms with Crippen molar-refractivity contribution >= 4 is 75.8 Å². The zero-order valence-electron chi connectivity index (χ0n) is 32.1. The summed E-state index contributed by atoms with van der Waals surface area (Å²) in [6, 6.07) is 14.7. The standard InChI is InChI=1S/C38H55N9O8S2/c48-32-23-46(26-35(52)53)19-17-45(25-34(50)51)18-20-47(27-36(54)55)24-33(49)42-22-29-9-13-31(14-10-29)44-38(57)40-16-6-4-2-1-3-5-15-39-37(56)43-30-11-7-28(8-12-30)21-41-32/h7-14H,1-6,15-27H2,(H,41,48)(H,42,49)(H,50,51)(H,52,53)(H,54,55)(H2,39,43,56)(H2,40,44,57). The molecule has 2 aromatic carbocycles. The van der Waals surface area contributed by atoms with Crippen LogP contribution in [0.5, 0.6) is 0 Å². The fourth-order valence-corrected chi connectivity index (χ4v) is 6.32. The first-order valence-electron chi connectivity index (χ1n) is 19.0. The van der Waals surface area contributed by atoms with Crippen LogP contribution in [0.2, 0.25) is 0 Å². The molecule has 0 fully saturated rings. The highest BCUT2D eigenvalue weighted by molar-refractivity contribution is 7.80. The molecule has 0 saturated carbocycles. The van der Waals surface area contributed by atoms with Gasteiger partial charge in [-0.1, -0.05) is 49.9 Å². The van der Waals surface area contributed by atoms with Crippen molar-refractivity contribution < 1.29 is 39.3 Å². The number of benzene rings is 2. The van der Waals surface area contributed by atoms with E-state index in [9.17, 15) is 39.3 Å². The largest absolute Gasteiger partial charge is 0.480 e. The summed E-state index contributed by atoms with van der Waals surface area (Å²) < 4.78 is 0. The lowest BCUT2D eigenvalue weighted by Gasteiger charge is -2.28. The summed E-state index contributed by atoms with van der Waals surface area (Å²) in [4.78, 5) is 65.0. The van der Waals surface area contributed by atoms with Gasteiger partial charge in [-0.15, -0.1) is 0 Å².